The maximum absolute atomic E-state index is 11.3. The number of methoxy groups -OCH3 is 1. The number of carbonyl (C=O) groups excluding carboxylic acids is 1. The minimum atomic E-state index is -0.970. The smallest absolute Gasteiger partial charge is 0.321 e. The van der Waals surface area contributed by atoms with Crippen LogP contribution >= 0.6 is 11.8 Å². The Morgan fingerprint density at radius 2 is 1.65 bits per heavy atom. The average Bonchev–Trinajstić information content (AvgIpc) is 2.78. The van der Waals surface area contributed by atoms with Gasteiger partial charge in [0.2, 0.25) is 0 Å². The third-order valence-corrected chi connectivity index (χ3v) is 7.00. The number of rotatable bonds is 18. The molecule has 176 valence electrons. The minimum Gasteiger partial charge on any atom is -0.480 e. The molecule has 0 heterocycles. The van der Waals surface area contributed by atoms with E-state index in [1.165, 1.54) is 63.2 Å². The van der Waals surface area contributed by atoms with Crippen LogP contribution < -0.4 is 5.73 Å². The van der Waals surface area contributed by atoms with Crippen molar-refractivity contribution in [2.45, 2.75) is 95.3 Å². The summed E-state index contributed by atoms with van der Waals surface area (Å²) in [6.07, 6.45) is 13.2. The molecule has 1 aromatic carbocycles. The molecule has 0 spiro atoms. The molecule has 1 aromatic rings. The van der Waals surface area contributed by atoms with Gasteiger partial charge in [-0.15, -0.1) is 0 Å². The molecule has 3 N–H and O–H groups in total. The van der Waals surface area contributed by atoms with E-state index in [9.17, 15) is 9.59 Å². The number of nitrogens with two attached hydrogens (primary N) is 1. The van der Waals surface area contributed by atoms with Crippen LogP contribution in [0.25, 0.3) is 0 Å². The van der Waals surface area contributed by atoms with Crippen LogP contribution in [0, 0.1) is 0 Å². The van der Waals surface area contributed by atoms with Crippen LogP contribution in [-0.2, 0) is 20.7 Å². The molecule has 5 nitrogen and oxygen atoms in total. The highest BCUT2D eigenvalue weighted by molar-refractivity contribution is 7.99. The van der Waals surface area contributed by atoms with Crippen molar-refractivity contribution in [2.75, 3.05) is 12.9 Å². The molecule has 0 amide bonds. The summed E-state index contributed by atoms with van der Waals surface area (Å²) in [5.74, 6) is -0.787. The van der Waals surface area contributed by atoms with Gasteiger partial charge in [0.05, 0.1) is 7.11 Å². The van der Waals surface area contributed by atoms with Crippen molar-refractivity contribution >= 4 is 23.7 Å². The van der Waals surface area contributed by atoms with Gasteiger partial charge in [0.15, 0.2) is 0 Å². The summed E-state index contributed by atoms with van der Waals surface area (Å²) in [6.45, 7) is 2.25. The molecule has 0 saturated heterocycles. The van der Waals surface area contributed by atoms with Crippen molar-refractivity contribution in [2.24, 2.45) is 5.73 Å². The average molecular weight is 452 g/mol. The van der Waals surface area contributed by atoms with Crippen LogP contribution in [-0.4, -0.2) is 35.9 Å². The second-order valence-corrected chi connectivity index (χ2v) is 9.44. The molecule has 1 unspecified atom stereocenters. The molecule has 0 fully saturated rings. The first-order chi connectivity index (χ1) is 15.0. The zero-order chi connectivity index (χ0) is 22.9. The number of hydrogen-bond donors (Lipinski definition) is 2. The molecule has 0 bridgehead atoms. The number of carboxylic acids is 1. The van der Waals surface area contributed by atoms with Crippen LogP contribution in [0.4, 0.5) is 0 Å². The molecular formula is C25H41NO4S. The summed E-state index contributed by atoms with van der Waals surface area (Å²) in [4.78, 5) is 22.4. The lowest BCUT2D eigenvalue weighted by molar-refractivity contribution is -0.141. The van der Waals surface area contributed by atoms with Gasteiger partial charge in [-0.25, -0.2) is 0 Å². The Hall–Kier alpha value is -1.53. The lowest BCUT2D eigenvalue weighted by Crippen LogP contribution is -2.32. The molecule has 0 aliphatic heterocycles. The molecule has 31 heavy (non-hydrogen) atoms. The second-order valence-electron chi connectivity index (χ2n) is 8.20. The first-order valence-electron chi connectivity index (χ1n) is 11.7. The Balaban J connectivity index is 2.53. The zero-order valence-corrected chi connectivity index (χ0v) is 20.1. The molecular weight excluding hydrogens is 410 g/mol. The summed E-state index contributed by atoms with van der Waals surface area (Å²) in [5.41, 5.74) is 8.26. The predicted molar refractivity (Wildman–Crippen MR) is 129 cm³/mol. The van der Waals surface area contributed by atoms with E-state index in [4.69, 9.17) is 15.6 Å². The number of esters is 1. The van der Waals surface area contributed by atoms with Crippen LogP contribution in [0.1, 0.15) is 93.9 Å². The van der Waals surface area contributed by atoms with Gasteiger partial charge < -0.3 is 15.6 Å². The van der Waals surface area contributed by atoms with E-state index in [1.54, 1.807) is 11.8 Å². The lowest BCUT2D eigenvalue weighted by atomic mass is 10.0. The first-order valence-corrected chi connectivity index (χ1v) is 12.8. The highest BCUT2D eigenvalue weighted by atomic mass is 32.2. The van der Waals surface area contributed by atoms with E-state index in [-0.39, 0.29) is 11.2 Å². The summed E-state index contributed by atoms with van der Waals surface area (Å²) in [7, 11) is 1.41. The topological polar surface area (TPSA) is 89.6 Å². The van der Waals surface area contributed by atoms with Crippen LogP contribution in [0.2, 0.25) is 0 Å². The van der Waals surface area contributed by atoms with E-state index in [2.05, 4.69) is 31.2 Å². The number of benzene rings is 1. The summed E-state index contributed by atoms with van der Waals surface area (Å²) >= 11 is 1.59. The standard InChI is InChI=1S/C25H41NO4S/c1-3-4-5-6-7-8-9-12-20-15-17-21(18-16-20)23(31-19-22(26)25(28)29)13-10-11-14-24(27)30-2/h15-18,22-23H,3-14,19,26H2,1-2H3,(H,28,29)/t22-,23?/m0/s1. The Morgan fingerprint density at radius 3 is 2.26 bits per heavy atom. The van der Waals surface area contributed by atoms with E-state index >= 15 is 0 Å². The number of aryl methyl sites for hydroxylation is 1. The normalized spacial score (nSPS) is 13.0. The van der Waals surface area contributed by atoms with Gasteiger partial charge in [0.25, 0.3) is 0 Å². The van der Waals surface area contributed by atoms with Crippen molar-refractivity contribution in [3.05, 3.63) is 35.4 Å². The molecule has 2 atom stereocenters. The number of ether oxygens (including phenoxy) is 1. The van der Waals surface area contributed by atoms with Crippen LogP contribution in [0.15, 0.2) is 24.3 Å². The summed E-state index contributed by atoms with van der Waals surface area (Å²) in [5, 5.41) is 9.25. The number of carbonyl (C=O) groups is 2. The highest BCUT2D eigenvalue weighted by Gasteiger charge is 2.18. The molecule has 6 heteroatoms. The van der Waals surface area contributed by atoms with Crippen molar-refractivity contribution < 1.29 is 19.4 Å². The van der Waals surface area contributed by atoms with Gasteiger partial charge in [0.1, 0.15) is 6.04 Å². The van der Waals surface area contributed by atoms with Gasteiger partial charge in [-0.1, -0.05) is 76.1 Å². The monoisotopic (exact) mass is 451 g/mol. The number of carboxylic acid groups (broad SMARTS) is 1. The van der Waals surface area contributed by atoms with Crippen LogP contribution in [0.3, 0.4) is 0 Å². The van der Waals surface area contributed by atoms with Crippen molar-refractivity contribution in [3.63, 3.8) is 0 Å². The van der Waals surface area contributed by atoms with Gasteiger partial charge in [-0.2, -0.15) is 11.8 Å². The Bertz CT molecular complexity index is 620. The molecule has 0 radical (unpaired) electrons. The third-order valence-electron chi connectivity index (χ3n) is 5.54. The van der Waals surface area contributed by atoms with Crippen molar-refractivity contribution in [3.8, 4) is 0 Å². The molecule has 0 aliphatic rings. The van der Waals surface area contributed by atoms with E-state index in [0.717, 1.165) is 25.7 Å². The van der Waals surface area contributed by atoms with E-state index < -0.39 is 12.0 Å². The van der Waals surface area contributed by atoms with E-state index in [1.807, 2.05) is 0 Å². The lowest BCUT2D eigenvalue weighted by Gasteiger charge is -2.19. The Morgan fingerprint density at radius 1 is 1.00 bits per heavy atom. The molecule has 0 aromatic heterocycles. The zero-order valence-electron chi connectivity index (χ0n) is 19.3. The maximum atomic E-state index is 11.3. The van der Waals surface area contributed by atoms with Crippen LogP contribution in [0.5, 0.6) is 0 Å². The number of aliphatic carboxylic acids is 1. The fraction of sp³-hybridized carbons (Fsp3) is 0.680. The predicted octanol–water partition coefficient (Wildman–Crippen LogP) is 5.90. The highest BCUT2D eigenvalue weighted by Crippen LogP contribution is 2.34. The second kappa shape index (κ2) is 17.1. The van der Waals surface area contributed by atoms with Gasteiger partial charge in [0, 0.05) is 17.4 Å². The van der Waals surface area contributed by atoms with Gasteiger partial charge in [-0.05, 0) is 36.8 Å². The maximum Gasteiger partial charge on any atom is 0.321 e. The Labute approximate surface area is 192 Å². The fourth-order valence-electron chi connectivity index (χ4n) is 3.52. The minimum absolute atomic E-state index is 0.177. The third kappa shape index (κ3) is 12.8. The summed E-state index contributed by atoms with van der Waals surface area (Å²) in [6, 6.07) is 7.87. The summed E-state index contributed by atoms with van der Waals surface area (Å²) < 4.78 is 4.70. The largest absolute Gasteiger partial charge is 0.480 e. The van der Waals surface area contributed by atoms with Gasteiger partial charge >= 0.3 is 11.9 Å². The van der Waals surface area contributed by atoms with Crippen molar-refractivity contribution in [1.82, 2.24) is 0 Å². The van der Waals surface area contributed by atoms with Crippen molar-refractivity contribution in [1.29, 1.82) is 0 Å². The number of unbranched alkanes of at least 4 members (excludes halogenated alkanes) is 7. The molecule has 1 rings (SSSR count). The molecule has 0 aliphatic carbocycles. The molecule has 0 saturated carbocycles. The SMILES string of the molecule is CCCCCCCCCc1ccc(C(CCCCC(=O)OC)SC[C@H](N)C(=O)O)cc1. The first kappa shape index (κ1) is 27.5. The number of thioether (sulfide) groups is 1. The number of hydrogen-bond acceptors (Lipinski definition) is 5. The quantitative estimate of drug-likeness (QED) is 0.213. The fourth-order valence-corrected chi connectivity index (χ4v) is 4.79. The Kier molecular flexibility index (Phi) is 15.2. The van der Waals surface area contributed by atoms with Gasteiger partial charge in [-0.3, -0.25) is 9.59 Å². The van der Waals surface area contributed by atoms with E-state index in [0.29, 0.717) is 12.2 Å².